The molecular weight excluding hydrogens is 283 g/mol. The van der Waals surface area contributed by atoms with Crippen molar-refractivity contribution < 1.29 is 22.6 Å². The Bertz CT molecular complexity index is 464. The summed E-state index contributed by atoms with van der Waals surface area (Å²) < 4.78 is 48.5. The maximum absolute atomic E-state index is 12.8. The second kappa shape index (κ2) is 6.77. The van der Waals surface area contributed by atoms with E-state index >= 15 is 0 Å². The zero-order chi connectivity index (χ0) is 15.5. The molecular formula is C15H20F3NO2. The molecule has 0 aromatic heterocycles. The van der Waals surface area contributed by atoms with E-state index in [0.717, 1.165) is 11.1 Å². The van der Waals surface area contributed by atoms with E-state index in [9.17, 15) is 13.2 Å². The van der Waals surface area contributed by atoms with Gasteiger partial charge in [-0.1, -0.05) is 24.3 Å². The summed E-state index contributed by atoms with van der Waals surface area (Å²) in [4.78, 5) is 1.82. The van der Waals surface area contributed by atoms with Crippen LogP contribution in [0.2, 0.25) is 0 Å². The van der Waals surface area contributed by atoms with E-state index in [1.807, 2.05) is 36.1 Å². The molecule has 2 unspecified atom stereocenters. The van der Waals surface area contributed by atoms with E-state index in [1.165, 1.54) is 0 Å². The molecule has 0 N–H and O–H groups in total. The Labute approximate surface area is 122 Å². The van der Waals surface area contributed by atoms with Gasteiger partial charge in [0.1, 0.15) is 0 Å². The van der Waals surface area contributed by atoms with Gasteiger partial charge in [-0.3, -0.25) is 4.90 Å². The highest BCUT2D eigenvalue weighted by molar-refractivity contribution is 5.26. The molecule has 118 valence electrons. The lowest BCUT2D eigenvalue weighted by molar-refractivity contribution is -0.244. The number of halogens is 3. The van der Waals surface area contributed by atoms with E-state index in [1.54, 1.807) is 7.11 Å². The molecule has 0 saturated carbocycles. The van der Waals surface area contributed by atoms with Crippen molar-refractivity contribution in [2.24, 2.45) is 0 Å². The molecule has 1 saturated heterocycles. The fourth-order valence-corrected chi connectivity index (χ4v) is 2.45. The summed E-state index contributed by atoms with van der Waals surface area (Å²) in [5, 5.41) is 0. The average Bonchev–Trinajstić information content (AvgIpc) is 2.42. The maximum atomic E-state index is 12.8. The fourth-order valence-electron chi connectivity index (χ4n) is 2.45. The number of methoxy groups -OCH3 is 1. The predicted molar refractivity (Wildman–Crippen MR) is 72.8 cm³/mol. The van der Waals surface area contributed by atoms with Crippen LogP contribution in [0.25, 0.3) is 0 Å². The van der Waals surface area contributed by atoms with Gasteiger partial charge in [-0.05, 0) is 18.1 Å². The lowest BCUT2D eigenvalue weighted by Gasteiger charge is -2.38. The number of hydrogen-bond acceptors (Lipinski definition) is 3. The lowest BCUT2D eigenvalue weighted by Crippen LogP contribution is -2.52. The maximum Gasteiger partial charge on any atom is 0.415 e. The van der Waals surface area contributed by atoms with Crippen molar-refractivity contribution >= 4 is 0 Å². The zero-order valence-corrected chi connectivity index (χ0v) is 12.2. The molecule has 2 rings (SSSR count). The fraction of sp³-hybridized carbons (Fsp3) is 0.600. The highest BCUT2D eigenvalue weighted by Crippen LogP contribution is 2.28. The molecule has 1 aliphatic rings. The average molecular weight is 303 g/mol. The number of rotatable bonds is 4. The first-order valence-corrected chi connectivity index (χ1v) is 6.90. The van der Waals surface area contributed by atoms with Crippen LogP contribution in [0.4, 0.5) is 13.2 Å². The summed E-state index contributed by atoms with van der Waals surface area (Å²) in [6.07, 6.45) is -6.02. The quantitative estimate of drug-likeness (QED) is 0.853. The first-order chi connectivity index (χ1) is 9.91. The van der Waals surface area contributed by atoms with Crippen molar-refractivity contribution in [1.29, 1.82) is 0 Å². The van der Waals surface area contributed by atoms with Crippen LogP contribution in [0.15, 0.2) is 24.3 Å². The van der Waals surface area contributed by atoms with Gasteiger partial charge >= 0.3 is 6.18 Å². The minimum atomic E-state index is -4.32. The topological polar surface area (TPSA) is 21.7 Å². The van der Waals surface area contributed by atoms with Crippen LogP contribution in [0, 0.1) is 0 Å². The summed E-state index contributed by atoms with van der Waals surface area (Å²) in [5.41, 5.74) is 2.00. The van der Waals surface area contributed by atoms with Crippen molar-refractivity contribution in [3.8, 4) is 0 Å². The number of morpholine rings is 1. The Balaban J connectivity index is 2.10. The van der Waals surface area contributed by atoms with E-state index in [4.69, 9.17) is 9.47 Å². The number of benzene rings is 1. The Kier molecular flexibility index (Phi) is 5.24. The molecule has 1 aliphatic heterocycles. The predicted octanol–water partition coefficient (Wildman–Crippen LogP) is 2.98. The van der Waals surface area contributed by atoms with Crippen LogP contribution in [-0.2, 0) is 22.6 Å². The molecule has 1 aromatic carbocycles. The normalized spacial score (nSPS) is 24.2. The van der Waals surface area contributed by atoms with Crippen molar-refractivity contribution in [3.63, 3.8) is 0 Å². The van der Waals surface area contributed by atoms with Crippen LogP contribution >= 0.6 is 0 Å². The van der Waals surface area contributed by atoms with E-state index in [2.05, 4.69) is 0 Å². The number of alkyl halides is 3. The Morgan fingerprint density at radius 1 is 1.29 bits per heavy atom. The lowest BCUT2D eigenvalue weighted by atomic mass is 10.1. The zero-order valence-electron chi connectivity index (χ0n) is 12.2. The van der Waals surface area contributed by atoms with E-state index in [0.29, 0.717) is 13.2 Å². The molecule has 0 aliphatic carbocycles. The summed E-state index contributed by atoms with van der Waals surface area (Å²) in [5.74, 6) is 0. The van der Waals surface area contributed by atoms with Gasteiger partial charge < -0.3 is 9.47 Å². The van der Waals surface area contributed by atoms with Crippen LogP contribution in [-0.4, -0.2) is 43.5 Å². The standard InChI is InChI=1S/C15H20F3NO2/c1-11-9-21-14(15(16,17)18)8-19(11)7-12-5-3-4-6-13(12)10-20-2/h3-6,11,14H,7-10H2,1-2H3. The van der Waals surface area contributed by atoms with Gasteiger partial charge in [0.25, 0.3) is 0 Å². The molecule has 6 heteroatoms. The first-order valence-electron chi connectivity index (χ1n) is 6.90. The Hall–Kier alpha value is -1.11. The summed E-state index contributed by atoms with van der Waals surface area (Å²) in [6, 6.07) is 7.61. The third-order valence-corrected chi connectivity index (χ3v) is 3.72. The second-order valence-electron chi connectivity index (χ2n) is 5.34. The van der Waals surface area contributed by atoms with E-state index < -0.39 is 12.3 Å². The Morgan fingerprint density at radius 3 is 2.57 bits per heavy atom. The van der Waals surface area contributed by atoms with Gasteiger partial charge in [0.2, 0.25) is 0 Å². The van der Waals surface area contributed by atoms with Gasteiger partial charge in [0.05, 0.1) is 13.2 Å². The highest BCUT2D eigenvalue weighted by Gasteiger charge is 2.44. The third-order valence-electron chi connectivity index (χ3n) is 3.72. The van der Waals surface area contributed by atoms with Crippen LogP contribution in [0.5, 0.6) is 0 Å². The van der Waals surface area contributed by atoms with Gasteiger partial charge in [-0.15, -0.1) is 0 Å². The SMILES string of the molecule is COCc1ccccc1CN1CC(C(F)(F)F)OCC1C. The molecule has 1 fully saturated rings. The molecule has 0 spiro atoms. The van der Waals surface area contributed by atoms with Crippen molar-refractivity contribution in [1.82, 2.24) is 4.90 Å². The van der Waals surface area contributed by atoms with Crippen molar-refractivity contribution in [3.05, 3.63) is 35.4 Å². The second-order valence-corrected chi connectivity index (χ2v) is 5.34. The summed E-state index contributed by atoms with van der Waals surface area (Å²) >= 11 is 0. The third kappa shape index (κ3) is 4.18. The van der Waals surface area contributed by atoms with Gasteiger partial charge in [-0.2, -0.15) is 13.2 Å². The Morgan fingerprint density at radius 2 is 1.95 bits per heavy atom. The van der Waals surface area contributed by atoms with Gasteiger partial charge in [-0.25, -0.2) is 0 Å². The van der Waals surface area contributed by atoms with Crippen LogP contribution < -0.4 is 0 Å². The molecule has 1 aromatic rings. The van der Waals surface area contributed by atoms with Gasteiger partial charge in [0, 0.05) is 26.2 Å². The smallest absolute Gasteiger partial charge is 0.380 e. The molecule has 21 heavy (non-hydrogen) atoms. The number of ether oxygens (including phenoxy) is 2. The van der Waals surface area contributed by atoms with Crippen molar-refractivity contribution in [2.45, 2.75) is 38.4 Å². The molecule has 0 bridgehead atoms. The summed E-state index contributed by atoms with van der Waals surface area (Å²) in [6.45, 7) is 2.77. The minimum absolute atomic E-state index is 0.0424. The van der Waals surface area contributed by atoms with Crippen LogP contribution in [0.1, 0.15) is 18.1 Å². The molecule has 0 radical (unpaired) electrons. The monoisotopic (exact) mass is 303 g/mol. The number of nitrogens with zero attached hydrogens (tertiary/aromatic N) is 1. The van der Waals surface area contributed by atoms with E-state index in [-0.39, 0.29) is 19.2 Å². The van der Waals surface area contributed by atoms with Crippen molar-refractivity contribution in [2.75, 3.05) is 20.3 Å². The molecule has 3 nitrogen and oxygen atoms in total. The molecule has 0 amide bonds. The van der Waals surface area contributed by atoms with Crippen LogP contribution in [0.3, 0.4) is 0 Å². The first kappa shape index (κ1) is 16.3. The molecule has 1 heterocycles. The largest absolute Gasteiger partial charge is 0.415 e. The summed E-state index contributed by atoms with van der Waals surface area (Å²) in [7, 11) is 1.60. The highest BCUT2D eigenvalue weighted by atomic mass is 19.4. The van der Waals surface area contributed by atoms with Gasteiger partial charge in [0.15, 0.2) is 6.10 Å². The minimum Gasteiger partial charge on any atom is -0.380 e. The number of hydrogen-bond donors (Lipinski definition) is 0. The molecule has 2 atom stereocenters.